The van der Waals surface area contributed by atoms with Gasteiger partial charge in [0, 0.05) is 5.56 Å². The summed E-state index contributed by atoms with van der Waals surface area (Å²) >= 11 is 0. The number of rotatable bonds is 3. The van der Waals surface area contributed by atoms with E-state index >= 15 is 0 Å². The van der Waals surface area contributed by atoms with Crippen LogP contribution in [0.4, 0.5) is 8.78 Å². The summed E-state index contributed by atoms with van der Waals surface area (Å²) in [7, 11) is 0. The molecular formula is C26H21F2O+. The maximum absolute atomic E-state index is 13.4. The zero-order valence-electron chi connectivity index (χ0n) is 16.6. The summed E-state index contributed by atoms with van der Waals surface area (Å²) in [4.78, 5) is 0. The van der Waals surface area contributed by atoms with Crippen molar-refractivity contribution in [3.63, 3.8) is 0 Å². The van der Waals surface area contributed by atoms with E-state index in [2.05, 4.69) is 32.9 Å². The monoisotopic (exact) mass is 387 g/mol. The third-order valence-corrected chi connectivity index (χ3v) is 5.02. The molecule has 1 heterocycles. The molecule has 0 atom stereocenters. The van der Waals surface area contributed by atoms with E-state index in [1.165, 1.54) is 41.0 Å². The fraction of sp³-hybridized carbons (Fsp3) is 0.115. The zero-order valence-corrected chi connectivity index (χ0v) is 16.6. The normalized spacial score (nSPS) is 10.9. The van der Waals surface area contributed by atoms with Crippen LogP contribution in [0.2, 0.25) is 0 Å². The van der Waals surface area contributed by atoms with Gasteiger partial charge in [0.2, 0.25) is 0 Å². The van der Waals surface area contributed by atoms with Crippen molar-refractivity contribution in [1.82, 2.24) is 0 Å². The molecule has 3 heteroatoms. The molecule has 0 saturated heterocycles. The van der Waals surface area contributed by atoms with Crippen LogP contribution < -0.4 is 0 Å². The maximum Gasteiger partial charge on any atom is 0.361 e. The second-order valence-electron chi connectivity index (χ2n) is 7.36. The van der Waals surface area contributed by atoms with Crippen molar-refractivity contribution in [2.75, 3.05) is 0 Å². The topological polar surface area (TPSA) is 11.3 Å². The Morgan fingerprint density at radius 3 is 1.38 bits per heavy atom. The maximum atomic E-state index is 13.4. The number of hydrogen-bond acceptors (Lipinski definition) is 0. The Morgan fingerprint density at radius 1 is 0.552 bits per heavy atom. The average Bonchev–Trinajstić information content (AvgIpc) is 2.68. The van der Waals surface area contributed by atoms with E-state index in [0.717, 1.165) is 22.3 Å². The molecule has 0 bridgehead atoms. The second-order valence-corrected chi connectivity index (χ2v) is 7.36. The summed E-state index contributed by atoms with van der Waals surface area (Å²) in [5, 5.41) is 0. The van der Waals surface area contributed by atoms with Gasteiger partial charge < -0.3 is 0 Å². The molecule has 0 N–H and O–H groups in total. The van der Waals surface area contributed by atoms with Crippen molar-refractivity contribution in [2.24, 2.45) is 0 Å². The first kappa shape index (κ1) is 19.0. The lowest BCUT2D eigenvalue weighted by atomic mass is 9.93. The van der Waals surface area contributed by atoms with Crippen LogP contribution in [0, 0.1) is 32.4 Å². The van der Waals surface area contributed by atoms with E-state index < -0.39 is 0 Å². The molecule has 1 aromatic heterocycles. The molecule has 0 aliphatic carbocycles. The molecule has 0 fully saturated rings. The molecular weight excluding hydrogens is 366 g/mol. The second kappa shape index (κ2) is 7.59. The number of hydrogen-bond donors (Lipinski definition) is 0. The molecule has 0 radical (unpaired) electrons. The van der Waals surface area contributed by atoms with E-state index in [9.17, 15) is 8.78 Å². The van der Waals surface area contributed by atoms with E-state index in [1.807, 2.05) is 12.1 Å². The smallest absolute Gasteiger partial charge is 0.207 e. The Kier molecular flexibility index (Phi) is 4.98. The van der Waals surface area contributed by atoms with Gasteiger partial charge in [-0.25, -0.2) is 13.2 Å². The summed E-state index contributed by atoms with van der Waals surface area (Å²) < 4.78 is 33.0. The van der Waals surface area contributed by atoms with Crippen LogP contribution in [0.15, 0.2) is 77.2 Å². The zero-order chi connectivity index (χ0) is 20.5. The summed E-state index contributed by atoms with van der Waals surface area (Å²) in [6.07, 6.45) is 0. The van der Waals surface area contributed by atoms with Gasteiger partial charge in [-0.2, -0.15) is 0 Å². The van der Waals surface area contributed by atoms with Crippen molar-refractivity contribution in [2.45, 2.75) is 20.8 Å². The molecule has 1 nitrogen and oxygen atoms in total. The Morgan fingerprint density at radius 2 is 0.966 bits per heavy atom. The van der Waals surface area contributed by atoms with Gasteiger partial charge in [-0.3, -0.25) is 0 Å². The Hall–Kier alpha value is -3.33. The third-order valence-electron chi connectivity index (χ3n) is 5.02. The fourth-order valence-electron chi connectivity index (χ4n) is 3.79. The molecule has 0 saturated carbocycles. The number of benzene rings is 3. The van der Waals surface area contributed by atoms with Crippen molar-refractivity contribution >= 4 is 0 Å². The summed E-state index contributed by atoms with van der Waals surface area (Å²) in [5.74, 6) is 0.658. The van der Waals surface area contributed by atoms with Crippen LogP contribution in [0.25, 0.3) is 33.8 Å². The van der Waals surface area contributed by atoms with E-state index in [4.69, 9.17) is 4.42 Å². The minimum absolute atomic E-state index is 0.297. The van der Waals surface area contributed by atoms with Crippen molar-refractivity contribution in [3.05, 3.63) is 101 Å². The van der Waals surface area contributed by atoms with Crippen LogP contribution in [-0.4, -0.2) is 0 Å². The van der Waals surface area contributed by atoms with Gasteiger partial charge in [-0.15, -0.1) is 0 Å². The van der Waals surface area contributed by atoms with Gasteiger partial charge in [-0.05, 0) is 86.0 Å². The van der Waals surface area contributed by atoms with Gasteiger partial charge in [-0.1, -0.05) is 17.7 Å². The summed E-state index contributed by atoms with van der Waals surface area (Å²) in [5.41, 5.74) is 7.25. The van der Waals surface area contributed by atoms with Crippen LogP contribution >= 0.6 is 0 Å². The molecule has 0 amide bonds. The van der Waals surface area contributed by atoms with Gasteiger partial charge in [0.15, 0.2) is 0 Å². The molecule has 0 spiro atoms. The quantitative estimate of drug-likeness (QED) is 0.327. The highest BCUT2D eigenvalue weighted by Crippen LogP contribution is 2.36. The lowest BCUT2D eigenvalue weighted by Crippen LogP contribution is -1.92. The number of halogens is 2. The first-order chi connectivity index (χ1) is 13.9. The number of aryl methyl sites for hydroxylation is 3. The molecule has 0 unspecified atom stereocenters. The molecule has 4 aromatic rings. The third kappa shape index (κ3) is 3.95. The van der Waals surface area contributed by atoms with Crippen LogP contribution in [0.5, 0.6) is 0 Å². The molecule has 144 valence electrons. The molecule has 4 rings (SSSR count). The van der Waals surface area contributed by atoms with Crippen LogP contribution in [0.3, 0.4) is 0 Å². The first-order valence-corrected chi connectivity index (χ1v) is 9.49. The molecule has 29 heavy (non-hydrogen) atoms. The lowest BCUT2D eigenvalue weighted by Gasteiger charge is -2.11. The van der Waals surface area contributed by atoms with Crippen molar-refractivity contribution in [1.29, 1.82) is 0 Å². The average molecular weight is 387 g/mol. The van der Waals surface area contributed by atoms with Crippen LogP contribution in [0.1, 0.15) is 16.7 Å². The predicted octanol–water partition coefficient (Wildman–Crippen LogP) is 7.77. The molecule has 0 aliphatic rings. The SMILES string of the molecule is Cc1cc(C)c(-c2cc(-c3ccc(F)cc3)[o+]c(-c3ccc(F)cc3)c2)c(C)c1. The van der Waals surface area contributed by atoms with Gasteiger partial charge in [0.1, 0.15) is 11.6 Å². The Bertz CT molecular complexity index is 1090. The molecule has 0 aliphatic heterocycles. The highest BCUT2D eigenvalue weighted by atomic mass is 19.1. The first-order valence-electron chi connectivity index (χ1n) is 9.49. The summed E-state index contributed by atoms with van der Waals surface area (Å²) in [6, 6.07) is 20.7. The minimum atomic E-state index is -0.297. The molecule has 3 aromatic carbocycles. The minimum Gasteiger partial charge on any atom is -0.207 e. The standard InChI is InChI=1S/C26H21F2O/c1-16-12-17(2)26(18(3)13-16)21-14-24(19-4-8-22(27)9-5-19)29-25(15-21)20-6-10-23(28)11-7-20/h4-15H,1-3H3/q+1. The van der Waals surface area contributed by atoms with Crippen LogP contribution in [-0.2, 0) is 0 Å². The lowest BCUT2D eigenvalue weighted by molar-refractivity contribution is 0.581. The van der Waals surface area contributed by atoms with Crippen molar-refractivity contribution < 1.29 is 13.2 Å². The predicted molar refractivity (Wildman–Crippen MR) is 114 cm³/mol. The van der Waals surface area contributed by atoms with Crippen molar-refractivity contribution in [3.8, 4) is 33.8 Å². The van der Waals surface area contributed by atoms with E-state index in [0.29, 0.717) is 11.5 Å². The van der Waals surface area contributed by atoms with Gasteiger partial charge in [0.25, 0.3) is 0 Å². The van der Waals surface area contributed by atoms with E-state index in [1.54, 1.807) is 24.3 Å². The Balaban J connectivity index is 1.96. The largest absolute Gasteiger partial charge is 0.361 e. The fourth-order valence-corrected chi connectivity index (χ4v) is 3.79. The highest BCUT2D eigenvalue weighted by molar-refractivity contribution is 5.78. The summed E-state index contributed by atoms with van der Waals surface area (Å²) in [6.45, 7) is 6.27. The Labute approximate surface area is 169 Å². The highest BCUT2D eigenvalue weighted by Gasteiger charge is 2.22. The van der Waals surface area contributed by atoms with Gasteiger partial charge in [0.05, 0.1) is 23.3 Å². The van der Waals surface area contributed by atoms with Gasteiger partial charge >= 0.3 is 11.5 Å². The van der Waals surface area contributed by atoms with E-state index in [-0.39, 0.29) is 11.6 Å².